The van der Waals surface area contributed by atoms with Gasteiger partial charge in [-0.3, -0.25) is 19.3 Å². The Morgan fingerprint density at radius 2 is 1.73 bits per heavy atom. The van der Waals surface area contributed by atoms with E-state index in [-0.39, 0.29) is 18.6 Å². The minimum Gasteiger partial charge on any atom is -0.462 e. The number of carbonyl (C=O) groups is 5. The minimum atomic E-state index is -0.981. The molecule has 1 aromatic carbocycles. The first-order valence-corrected chi connectivity index (χ1v) is 10.1. The van der Waals surface area contributed by atoms with Crippen LogP contribution in [0.3, 0.4) is 0 Å². The summed E-state index contributed by atoms with van der Waals surface area (Å²) in [4.78, 5) is 63.2. The highest BCUT2D eigenvalue weighted by molar-refractivity contribution is 6.45. The lowest BCUT2D eigenvalue weighted by Gasteiger charge is -2.34. The van der Waals surface area contributed by atoms with Gasteiger partial charge in [-0.2, -0.15) is 0 Å². The fraction of sp³-hybridized carbons (Fsp3) is 0.476. The van der Waals surface area contributed by atoms with E-state index in [0.29, 0.717) is 22.6 Å². The summed E-state index contributed by atoms with van der Waals surface area (Å²) in [6, 6.07) is 4.96. The molecule has 30 heavy (non-hydrogen) atoms. The van der Waals surface area contributed by atoms with Gasteiger partial charge in [-0.1, -0.05) is 19.8 Å². The Balaban J connectivity index is 1.63. The third-order valence-electron chi connectivity index (χ3n) is 5.46. The average Bonchev–Trinajstić information content (AvgIpc) is 2.92. The van der Waals surface area contributed by atoms with Gasteiger partial charge < -0.3 is 10.1 Å². The van der Waals surface area contributed by atoms with Crippen LogP contribution in [-0.2, 0) is 19.1 Å². The Hall–Kier alpha value is -3.23. The van der Waals surface area contributed by atoms with Crippen LogP contribution in [-0.4, -0.2) is 58.7 Å². The zero-order valence-corrected chi connectivity index (χ0v) is 17.1. The van der Waals surface area contributed by atoms with Gasteiger partial charge in [0.1, 0.15) is 6.54 Å². The molecule has 160 valence electrons. The third-order valence-corrected chi connectivity index (χ3v) is 5.46. The van der Waals surface area contributed by atoms with E-state index in [0.717, 1.165) is 24.2 Å². The molecule has 9 heteroatoms. The van der Waals surface area contributed by atoms with Crippen molar-refractivity contribution in [1.29, 1.82) is 0 Å². The maximum absolute atomic E-state index is 12.7. The molecule has 1 aliphatic carbocycles. The van der Waals surface area contributed by atoms with Gasteiger partial charge in [-0.05, 0) is 49.9 Å². The van der Waals surface area contributed by atoms with E-state index in [1.807, 2.05) is 6.92 Å². The van der Waals surface area contributed by atoms with Gasteiger partial charge >= 0.3 is 23.8 Å². The number of hydrogen-bond acceptors (Lipinski definition) is 6. The van der Waals surface area contributed by atoms with Crippen molar-refractivity contribution in [2.75, 3.05) is 18.5 Å². The summed E-state index contributed by atoms with van der Waals surface area (Å²) in [5, 5.41) is 2.56. The smallest absolute Gasteiger partial charge is 0.338 e. The third kappa shape index (κ3) is 4.34. The van der Waals surface area contributed by atoms with Crippen LogP contribution in [0.25, 0.3) is 0 Å². The molecule has 1 aliphatic heterocycles. The summed E-state index contributed by atoms with van der Waals surface area (Å²) in [5.74, 6) is -2.83. The number of esters is 1. The summed E-state index contributed by atoms with van der Waals surface area (Å²) < 4.78 is 4.89. The summed E-state index contributed by atoms with van der Waals surface area (Å²) in [6.45, 7) is 3.36. The molecule has 1 N–H and O–H groups in total. The van der Waals surface area contributed by atoms with E-state index in [4.69, 9.17) is 4.74 Å². The lowest BCUT2D eigenvalue weighted by atomic mass is 9.85. The molecule has 2 aliphatic rings. The highest BCUT2D eigenvalue weighted by Crippen LogP contribution is 2.31. The molecule has 1 aromatic rings. The molecular weight excluding hydrogens is 390 g/mol. The molecule has 1 saturated carbocycles. The van der Waals surface area contributed by atoms with Crippen molar-refractivity contribution in [2.45, 2.75) is 45.6 Å². The van der Waals surface area contributed by atoms with Crippen LogP contribution < -0.4 is 5.32 Å². The highest BCUT2D eigenvalue weighted by Gasteiger charge is 2.49. The van der Waals surface area contributed by atoms with Gasteiger partial charge in [0, 0.05) is 11.7 Å². The predicted molar refractivity (Wildman–Crippen MR) is 106 cm³/mol. The fourth-order valence-corrected chi connectivity index (χ4v) is 3.88. The lowest BCUT2D eigenvalue weighted by molar-refractivity contribution is -0.145. The second-order valence-corrected chi connectivity index (χ2v) is 7.52. The number of nitrogens with zero attached hydrogens (tertiary/aromatic N) is 2. The second kappa shape index (κ2) is 9.06. The first-order chi connectivity index (χ1) is 14.3. The van der Waals surface area contributed by atoms with Crippen molar-refractivity contribution in [3.63, 3.8) is 0 Å². The molecule has 0 radical (unpaired) electrons. The maximum Gasteiger partial charge on any atom is 0.338 e. The van der Waals surface area contributed by atoms with E-state index in [9.17, 15) is 24.0 Å². The SMILES string of the molecule is CCOC(=O)c1ccc(NC(=O)CN2C(=O)C(=O)N([C@H]3CCCC[C@H]3C)C2=O)cc1. The number of anilines is 1. The van der Waals surface area contributed by atoms with Crippen LogP contribution in [0.4, 0.5) is 10.5 Å². The summed E-state index contributed by atoms with van der Waals surface area (Å²) in [5.41, 5.74) is 0.721. The zero-order valence-electron chi connectivity index (χ0n) is 17.1. The Morgan fingerprint density at radius 3 is 2.37 bits per heavy atom. The van der Waals surface area contributed by atoms with Crippen molar-refractivity contribution < 1.29 is 28.7 Å². The molecule has 0 unspecified atom stereocenters. The van der Waals surface area contributed by atoms with Crippen LogP contribution in [0.15, 0.2) is 24.3 Å². The van der Waals surface area contributed by atoms with E-state index in [1.165, 1.54) is 24.3 Å². The molecule has 0 spiro atoms. The van der Waals surface area contributed by atoms with Crippen molar-refractivity contribution in [2.24, 2.45) is 5.92 Å². The lowest BCUT2D eigenvalue weighted by Crippen LogP contribution is -2.46. The van der Waals surface area contributed by atoms with Gasteiger partial charge in [0.25, 0.3) is 0 Å². The Kier molecular flexibility index (Phi) is 6.49. The van der Waals surface area contributed by atoms with Gasteiger partial charge in [0.15, 0.2) is 0 Å². The van der Waals surface area contributed by atoms with E-state index >= 15 is 0 Å². The minimum absolute atomic E-state index is 0.117. The van der Waals surface area contributed by atoms with Gasteiger partial charge in [0.05, 0.1) is 12.2 Å². The van der Waals surface area contributed by atoms with Crippen LogP contribution in [0.2, 0.25) is 0 Å². The first-order valence-electron chi connectivity index (χ1n) is 10.1. The molecular formula is C21H25N3O6. The summed E-state index contributed by atoms with van der Waals surface area (Å²) in [6.07, 6.45) is 3.47. The number of ether oxygens (including phenoxy) is 1. The number of imide groups is 2. The molecule has 1 saturated heterocycles. The van der Waals surface area contributed by atoms with Crippen LogP contribution in [0, 0.1) is 5.92 Å². The molecule has 9 nitrogen and oxygen atoms in total. The van der Waals surface area contributed by atoms with Crippen LogP contribution >= 0.6 is 0 Å². The van der Waals surface area contributed by atoms with Crippen LogP contribution in [0.1, 0.15) is 49.9 Å². The fourth-order valence-electron chi connectivity index (χ4n) is 3.88. The van der Waals surface area contributed by atoms with Crippen molar-refractivity contribution in [3.8, 4) is 0 Å². The average molecular weight is 415 g/mol. The first kappa shape index (κ1) is 21.5. The van der Waals surface area contributed by atoms with E-state index < -0.39 is 36.3 Å². The summed E-state index contributed by atoms with van der Waals surface area (Å²) in [7, 11) is 0. The van der Waals surface area contributed by atoms with E-state index in [2.05, 4.69) is 5.32 Å². The monoisotopic (exact) mass is 415 g/mol. The number of carbonyl (C=O) groups excluding carboxylic acids is 5. The number of rotatable bonds is 6. The highest BCUT2D eigenvalue weighted by atomic mass is 16.5. The standard InChI is InChI=1S/C21H25N3O6/c1-3-30-20(28)14-8-10-15(11-9-14)22-17(25)12-23-18(26)19(27)24(21(23)29)16-7-5-4-6-13(16)2/h8-11,13,16H,3-7,12H2,1-2H3,(H,22,25)/t13-,16+/m1/s1. The Bertz CT molecular complexity index is 866. The quantitative estimate of drug-likeness (QED) is 0.433. The normalized spacial score (nSPS) is 21.7. The molecule has 2 atom stereocenters. The molecule has 5 amide bonds. The van der Waals surface area contributed by atoms with Crippen LogP contribution in [0.5, 0.6) is 0 Å². The largest absolute Gasteiger partial charge is 0.462 e. The number of amides is 5. The topological polar surface area (TPSA) is 113 Å². The molecule has 3 rings (SSSR count). The molecule has 1 heterocycles. The second-order valence-electron chi connectivity index (χ2n) is 7.52. The van der Waals surface area contributed by atoms with Gasteiger partial charge in [-0.15, -0.1) is 0 Å². The molecule has 2 fully saturated rings. The van der Waals surface area contributed by atoms with Crippen molar-refractivity contribution in [3.05, 3.63) is 29.8 Å². The van der Waals surface area contributed by atoms with Crippen molar-refractivity contribution >= 4 is 35.4 Å². The maximum atomic E-state index is 12.7. The van der Waals surface area contributed by atoms with Crippen molar-refractivity contribution in [1.82, 2.24) is 9.80 Å². The Morgan fingerprint density at radius 1 is 1.07 bits per heavy atom. The zero-order chi connectivity index (χ0) is 21.8. The van der Waals surface area contributed by atoms with E-state index in [1.54, 1.807) is 6.92 Å². The predicted octanol–water partition coefficient (Wildman–Crippen LogP) is 2.17. The number of benzene rings is 1. The molecule has 0 bridgehead atoms. The Labute approximate surface area is 174 Å². The molecule has 0 aromatic heterocycles. The number of urea groups is 1. The summed E-state index contributed by atoms with van der Waals surface area (Å²) >= 11 is 0. The number of hydrogen-bond donors (Lipinski definition) is 1. The van der Waals surface area contributed by atoms with Gasteiger partial charge in [0.2, 0.25) is 5.91 Å². The van der Waals surface area contributed by atoms with Gasteiger partial charge in [-0.25, -0.2) is 14.5 Å². The number of nitrogens with one attached hydrogen (secondary N) is 1.